The molecule has 5 heteroatoms. The van der Waals surface area contributed by atoms with Crippen molar-refractivity contribution in [3.63, 3.8) is 0 Å². The Hall–Kier alpha value is -1.20. The maximum absolute atomic E-state index is 5.97. The van der Waals surface area contributed by atoms with Gasteiger partial charge in [-0.25, -0.2) is 9.97 Å². The van der Waals surface area contributed by atoms with E-state index in [-0.39, 0.29) is 0 Å². The highest BCUT2D eigenvalue weighted by Gasteiger charge is 2.42. The number of morpholine rings is 1. The number of hydrogen-bond acceptors (Lipinski definition) is 5. The topological polar surface area (TPSA) is 47.5 Å². The second-order valence-corrected chi connectivity index (χ2v) is 6.54. The summed E-state index contributed by atoms with van der Waals surface area (Å²) in [5.41, 5.74) is 0. The Morgan fingerprint density at radius 2 is 1.95 bits per heavy atom. The maximum Gasteiger partial charge on any atom is 0.225 e. The van der Waals surface area contributed by atoms with Crippen molar-refractivity contribution in [3.05, 3.63) is 18.5 Å². The van der Waals surface area contributed by atoms with Crippen LogP contribution in [0.4, 0.5) is 5.95 Å². The Balaban J connectivity index is 1.37. The molecule has 21 heavy (non-hydrogen) atoms. The molecule has 5 nitrogen and oxygen atoms in total. The number of hydrogen-bond donors (Lipinski definition) is 0. The highest BCUT2D eigenvalue weighted by molar-refractivity contribution is 5.33. The molecule has 0 unspecified atom stereocenters. The van der Waals surface area contributed by atoms with Crippen LogP contribution in [0.15, 0.2) is 18.5 Å². The predicted molar refractivity (Wildman–Crippen MR) is 79.2 cm³/mol. The first-order valence-corrected chi connectivity index (χ1v) is 8.13. The van der Waals surface area contributed by atoms with Crippen LogP contribution in [0.3, 0.4) is 0 Å². The average molecular weight is 289 g/mol. The van der Waals surface area contributed by atoms with Crippen molar-refractivity contribution in [2.45, 2.75) is 37.8 Å². The van der Waals surface area contributed by atoms with E-state index in [1.807, 2.05) is 18.5 Å². The predicted octanol–water partition coefficient (Wildman–Crippen LogP) is 1.89. The second-order valence-electron chi connectivity index (χ2n) is 6.54. The number of anilines is 1. The summed E-state index contributed by atoms with van der Waals surface area (Å²) in [5, 5.41) is 0. The Kier molecular flexibility index (Phi) is 3.78. The van der Waals surface area contributed by atoms with Gasteiger partial charge in [0, 0.05) is 32.2 Å². The largest absolute Gasteiger partial charge is 0.381 e. The Morgan fingerprint density at radius 1 is 1.14 bits per heavy atom. The average Bonchev–Trinajstić information content (AvgIpc) is 3.25. The van der Waals surface area contributed by atoms with Crippen molar-refractivity contribution in [1.82, 2.24) is 9.97 Å². The van der Waals surface area contributed by atoms with Crippen LogP contribution < -0.4 is 4.90 Å². The zero-order valence-electron chi connectivity index (χ0n) is 12.4. The van der Waals surface area contributed by atoms with Gasteiger partial charge >= 0.3 is 0 Å². The van der Waals surface area contributed by atoms with Gasteiger partial charge in [-0.05, 0) is 43.6 Å². The molecule has 3 fully saturated rings. The minimum absolute atomic E-state index is 0.317. The SMILES string of the molecule is c1cnc(N2CCO[C@H]3C[C@H](COCC4CC4)C[C@@H]32)nc1. The molecule has 0 amide bonds. The first kappa shape index (κ1) is 13.5. The van der Waals surface area contributed by atoms with Gasteiger partial charge < -0.3 is 14.4 Å². The van der Waals surface area contributed by atoms with Crippen molar-refractivity contribution in [1.29, 1.82) is 0 Å². The summed E-state index contributed by atoms with van der Waals surface area (Å²) in [6.07, 6.45) is 8.91. The van der Waals surface area contributed by atoms with Gasteiger partial charge in [-0.1, -0.05) is 0 Å². The quantitative estimate of drug-likeness (QED) is 0.828. The van der Waals surface area contributed by atoms with Gasteiger partial charge in [0.1, 0.15) is 0 Å². The zero-order chi connectivity index (χ0) is 14.1. The molecule has 0 radical (unpaired) electrons. The number of fused-ring (bicyclic) bond motifs is 1. The van der Waals surface area contributed by atoms with E-state index in [1.54, 1.807) is 0 Å². The van der Waals surface area contributed by atoms with Crippen molar-refractivity contribution >= 4 is 5.95 Å². The maximum atomic E-state index is 5.97. The summed E-state index contributed by atoms with van der Waals surface area (Å²) < 4.78 is 11.9. The Morgan fingerprint density at radius 3 is 2.76 bits per heavy atom. The van der Waals surface area contributed by atoms with Crippen LogP contribution in [0.5, 0.6) is 0 Å². The van der Waals surface area contributed by atoms with Gasteiger partial charge in [-0.2, -0.15) is 0 Å². The lowest BCUT2D eigenvalue weighted by atomic mass is 10.1. The van der Waals surface area contributed by atoms with Gasteiger partial charge in [0.05, 0.1) is 18.8 Å². The van der Waals surface area contributed by atoms with Gasteiger partial charge in [0.25, 0.3) is 0 Å². The zero-order valence-corrected chi connectivity index (χ0v) is 12.4. The lowest BCUT2D eigenvalue weighted by Gasteiger charge is -2.37. The third kappa shape index (κ3) is 3.04. The lowest BCUT2D eigenvalue weighted by molar-refractivity contribution is 0.0203. The van der Waals surface area contributed by atoms with E-state index in [4.69, 9.17) is 9.47 Å². The molecular weight excluding hydrogens is 266 g/mol. The van der Waals surface area contributed by atoms with Gasteiger partial charge in [0.2, 0.25) is 5.95 Å². The Bertz CT molecular complexity index is 466. The molecule has 0 N–H and O–H groups in total. The molecule has 2 heterocycles. The highest BCUT2D eigenvalue weighted by atomic mass is 16.5. The number of ether oxygens (including phenoxy) is 2. The van der Waals surface area contributed by atoms with Gasteiger partial charge in [-0.15, -0.1) is 0 Å². The molecule has 2 aliphatic carbocycles. The monoisotopic (exact) mass is 289 g/mol. The van der Waals surface area contributed by atoms with Crippen LogP contribution in [-0.2, 0) is 9.47 Å². The summed E-state index contributed by atoms with van der Waals surface area (Å²) in [5.74, 6) is 2.30. The molecule has 1 saturated heterocycles. The van der Waals surface area contributed by atoms with Crippen molar-refractivity contribution in [2.75, 3.05) is 31.3 Å². The van der Waals surface area contributed by atoms with E-state index in [9.17, 15) is 0 Å². The molecule has 3 atom stereocenters. The molecule has 0 spiro atoms. The molecule has 1 aromatic rings. The van der Waals surface area contributed by atoms with Gasteiger partial charge in [-0.3, -0.25) is 0 Å². The summed E-state index contributed by atoms with van der Waals surface area (Å²) in [4.78, 5) is 11.1. The fourth-order valence-electron chi connectivity index (χ4n) is 3.56. The molecular formula is C16H23N3O2. The third-order valence-electron chi connectivity index (χ3n) is 4.85. The summed E-state index contributed by atoms with van der Waals surface area (Å²) >= 11 is 0. The Labute approximate surface area is 125 Å². The molecule has 1 aliphatic heterocycles. The van der Waals surface area contributed by atoms with Crippen LogP contribution >= 0.6 is 0 Å². The fraction of sp³-hybridized carbons (Fsp3) is 0.750. The second kappa shape index (κ2) is 5.89. The van der Waals surface area contributed by atoms with Crippen LogP contribution in [0.2, 0.25) is 0 Å². The number of aromatic nitrogens is 2. The summed E-state index contributed by atoms with van der Waals surface area (Å²) in [6.45, 7) is 3.50. The standard InChI is InChI=1S/C16H23N3O2/c1-4-17-16(18-5-1)19-6-7-21-15-9-13(8-14(15)19)11-20-10-12-2-3-12/h1,4-5,12-15H,2-3,6-11H2/t13-,14+,15+/m1/s1. The van der Waals surface area contributed by atoms with E-state index >= 15 is 0 Å². The first-order valence-electron chi connectivity index (χ1n) is 8.13. The molecule has 3 aliphatic rings. The van der Waals surface area contributed by atoms with Crippen LogP contribution in [0.25, 0.3) is 0 Å². The minimum Gasteiger partial charge on any atom is -0.381 e. The first-order chi connectivity index (χ1) is 10.4. The third-order valence-corrected chi connectivity index (χ3v) is 4.85. The molecule has 4 rings (SSSR count). The van der Waals surface area contributed by atoms with Crippen LogP contribution in [-0.4, -0.2) is 48.5 Å². The summed E-state index contributed by atoms with van der Waals surface area (Å²) in [6, 6.07) is 2.28. The van der Waals surface area contributed by atoms with E-state index in [0.717, 1.165) is 51.1 Å². The van der Waals surface area contributed by atoms with Crippen molar-refractivity contribution in [3.8, 4) is 0 Å². The number of rotatable bonds is 5. The molecule has 0 bridgehead atoms. The molecule has 0 aromatic carbocycles. The summed E-state index contributed by atoms with van der Waals surface area (Å²) in [7, 11) is 0. The lowest BCUT2D eigenvalue weighted by Crippen LogP contribution is -2.49. The fourth-order valence-corrected chi connectivity index (χ4v) is 3.56. The normalized spacial score (nSPS) is 32.2. The van der Waals surface area contributed by atoms with Crippen LogP contribution in [0, 0.1) is 11.8 Å². The number of nitrogens with zero attached hydrogens (tertiary/aromatic N) is 3. The smallest absolute Gasteiger partial charge is 0.225 e. The van der Waals surface area contributed by atoms with Crippen LogP contribution in [0.1, 0.15) is 25.7 Å². The van der Waals surface area contributed by atoms with Crippen molar-refractivity contribution < 1.29 is 9.47 Å². The van der Waals surface area contributed by atoms with E-state index in [2.05, 4.69) is 14.9 Å². The van der Waals surface area contributed by atoms with Gasteiger partial charge in [0.15, 0.2) is 0 Å². The molecule has 2 saturated carbocycles. The van der Waals surface area contributed by atoms with Crippen molar-refractivity contribution in [2.24, 2.45) is 11.8 Å². The highest BCUT2D eigenvalue weighted by Crippen LogP contribution is 2.36. The van der Waals surface area contributed by atoms with E-state index < -0.39 is 0 Å². The van der Waals surface area contributed by atoms with E-state index in [1.165, 1.54) is 12.8 Å². The van der Waals surface area contributed by atoms with E-state index in [0.29, 0.717) is 18.1 Å². The molecule has 1 aromatic heterocycles. The minimum atomic E-state index is 0.317. The molecule has 114 valence electrons.